The summed E-state index contributed by atoms with van der Waals surface area (Å²) in [7, 11) is 0. The first-order valence-corrected chi connectivity index (χ1v) is 19.1. The van der Waals surface area contributed by atoms with E-state index in [1.807, 2.05) is 0 Å². The van der Waals surface area contributed by atoms with Gasteiger partial charge in [-0.05, 0) is 106 Å². The molecule has 0 saturated heterocycles. The standard InChI is InChI=1S/C52H37N3/c1-52(2)44-30-29-41-43-32-37(34-14-6-3-7-15-34)25-31-47(43)54(50(41)49(44)42-28-24-38(33-45(42)52)35-16-8-4-9-17-35)40-26-22-36(23-27-40)51-53-46-20-12-13-21-48(46)55(51)39-18-10-5-11-19-39/h3-33H,1-2H3. The average Bonchev–Trinajstić information content (AvgIpc) is 3.87. The number of benzene rings is 8. The SMILES string of the molecule is CC1(C)c2cc(-c3ccccc3)ccc2-c2c1ccc1c3cc(-c4ccccc4)ccc3n(-c3ccc(-c4nc5ccccc5n4-c4ccccc4)cc3)c21. The number of fused-ring (bicyclic) bond motifs is 8. The molecule has 0 aliphatic heterocycles. The first-order valence-electron chi connectivity index (χ1n) is 19.1. The van der Waals surface area contributed by atoms with Gasteiger partial charge in [0.2, 0.25) is 0 Å². The number of aromatic nitrogens is 3. The third-order valence-corrected chi connectivity index (χ3v) is 11.7. The van der Waals surface area contributed by atoms with Crippen LogP contribution in [0.2, 0.25) is 0 Å². The Hall–Kier alpha value is -6.97. The van der Waals surface area contributed by atoms with Crippen molar-refractivity contribution in [3.63, 3.8) is 0 Å². The van der Waals surface area contributed by atoms with Gasteiger partial charge in [-0.15, -0.1) is 0 Å². The van der Waals surface area contributed by atoms with Crippen LogP contribution in [0.1, 0.15) is 25.0 Å². The molecule has 0 saturated carbocycles. The van der Waals surface area contributed by atoms with Gasteiger partial charge in [0, 0.05) is 38.7 Å². The first-order chi connectivity index (χ1) is 27.0. The largest absolute Gasteiger partial charge is 0.309 e. The smallest absolute Gasteiger partial charge is 0.145 e. The fraction of sp³-hybridized carbons (Fsp3) is 0.0577. The van der Waals surface area contributed by atoms with Crippen LogP contribution in [0.25, 0.3) is 89.0 Å². The number of hydrogen-bond acceptors (Lipinski definition) is 1. The van der Waals surface area contributed by atoms with E-state index in [4.69, 9.17) is 4.98 Å². The molecule has 1 aliphatic carbocycles. The molecular weight excluding hydrogens is 667 g/mol. The van der Waals surface area contributed by atoms with Crippen LogP contribution in [-0.2, 0) is 5.41 Å². The van der Waals surface area contributed by atoms with E-state index in [9.17, 15) is 0 Å². The molecular formula is C52H37N3. The topological polar surface area (TPSA) is 22.8 Å². The zero-order chi connectivity index (χ0) is 36.7. The fourth-order valence-electron chi connectivity index (χ4n) is 9.03. The minimum atomic E-state index is -0.166. The normalized spacial score (nSPS) is 13.1. The summed E-state index contributed by atoms with van der Waals surface area (Å²) >= 11 is 0. The Labute approximate surface area is 320 Å². The lowest BCUT2D eigenvalue weighted by Gasteiger charge is -2.22. The molecule has 0 unspecified atom stereocenters. The lowest BCUT2D eigenvalue weighted by molar-refractivity contribution is 0.661. The lowest BCUT2D eigenvalue weighted by atomic mass is 9.81. The molecule has 260 valence electrons. The Morgan fingerprint density at radius 1 is 0.418 bits per heavy atom. The van der Waals surface area contributed by atoms with E-state index >= 15 is 0 Å². The Bertz CT molecular complexity index is 3080. The molecule has 0 atom stereocenters. The van der Waals surface area contributed by atoms with Crippen LogP contribution in [0, 0.1) is 0 Å². The second kappa shape index (κ2) is 12.0. The van der Waals surface area contributed by atoms with Crippen LogP contribution < -0.4 is 0 Å². The van der Waals surface area contributed by atoms with Crippen LogP contribution in [-0.4, -0.2) is 14.1 Å². The van der Waals surface area contributed by atoms with Gasteiger partial charge in [0.05, 0.1) is 22.1 Å². The molecule has 10 aromatic rings. The van der Waals surface area contributed by atoms with E-state index in [-0.39, 0.29) is 5.41 Å². The maximum absolute atomic E-state index is 5.16. The third-order valence-electron chi connectivity index (χ3n) is 11.7. The summed E-state index contributed by atoms with van der Waals surface area (Å²) < 4.78 is 4.77. The highest BCUT2D eigenvalue weighted by Gasteiger charge is 2.38. The second-order valence-corrected chi connectivity index (χ2v) is 15.2. The van der Waals surface area contributed by atoms with E-state index in [1.54, 1.807) is 0 Å². The lowest BCUT2D eigenvalue weighted by Crippen LogP contribution is -2.15. The van der Waals surface area contributed by atoms with Gasteiger partial charge in [-0.1, -0.05) is 135 Å². The van der Waals surface area contributed by atoms with Crippen molar-refractivity contribution in [1.82, 2.24) is 14.1 Å². The van der Waals surface area contributed by atoms with Crippen LogP contribution in [0.3, 0.4) is 0 Å². The molecule has 0 N–H and O–H groups in total. The van der Waals surface area contributed by atoms with Crippen LogP contribution in [0.5, 0.6) is 0 Å². The molecule has 55 heavy (non-hydrogen) atoms. The van der Waals surface area contributed by atoms with Crippen molar-refractivity contribution >= 4 is 32.8 Å². The summed E-state index contributed by atoms with van der Waals surface area (Å²) in [6, 6.07) is 68.2. The third kappa shape index (κ3) is 4.79. The predicted octanol–water partition coefficient (Wildman–Crippen LogP) is 13.4. The molecule has 3 heteroatoms. The number of para-hydroxylation sites is 3. The number of nitrogens with zero attached hydrogens (tertiary/aromatic N) is 3. The zero-order valence-electron chi connectivity index (χ0n) is 30.7. The van der Waals surface area contributed by atoms with E-state index in [0.29, 0.717) is 0 Å². The number of imidazole rings is 1. The Balaban J connectivity index is 1.15. The minimum absolute atomic E-state index is 0.166. The summed E-state index contributed by atoms with van der Waals surface area (Å²) in [6.07, 6.45) is 0. The highest BCUT2D eigenvalue weighted by atomic mass is 15.1. The summed E-state index contributed by atoms with van der Waals surface area (Å²) in [5.74, 6) is 0.930. The van der Waals surface area contributed by atoms with Crippen molar-refractivity contribution in [2.45, 2.75) is 19.3 Å². The van der Waals surface area contributed by atoms with Gasteiger partial charge in [-0.3, -0.25) is 4.57 Å². The van der Waals surface area contributed by atoms with Crippen LogP contribution >= 0.6 is 0 Å². The van der Waals surface area contributed by atoms with E-state index < -0.39 is 0 Å². The van der Waals surface area contributed by atoms with E-state index in [1.165, 1.54) is 66.3 Å². The van der Waals surface area contributed by atoms with Gasteiger partial charge in [-0.25, -0.2) is 4.98 Å². The maximum Gasteiger partial charge on any atom is 0.145 e. The summed E-state index contributed by atoms with van der Waals surface area (Å²) in [5.41, 5.74) is 17.9. The van der Waals surface area contributed by atoms with Crippen molar-refractivity contribution < 1.29 is 0 Å². The molecule has 3 nitrogen and oxygen atoms in total. The maximum atomic E-state index is 5.16. The highest BCUT2D eigenvalue weighted by molar-refractivity contribution is 6.16. The molecule has 0 radical (unpaired) electrons. The Kier molecular flexibility index (Phi) is 6.90. The molecule has 0 amide bonds. The van der Waals surface area contributed by atoms with Gasteiger partial charge in [-0.2, -0.15) is 0 Å². The van der Waals surface area contributed by atoms with Crippen molar-refractivity contribution in [2.75, 3.05) is 0 Å². The molecule has 8 aromatic carbocycles. The predicted molar refractivity (Wildman–Crippen MR) is 229 cm³/mol. The van der Waals surface area contributed by atoms with Crippen molar-refractivity contribution in [2.24, 2.45) is 0 Å². The van der Waals surface area contributed by atoms with Gasteiger partial charge in [0.15, 0.2) is 0 Å². The van der Waals surface area contributed by atoms with E-state index in [0.717, 1.165) is 33.8 Å². The summed E-state index contributed by atoms with van der Waals surface area (Å²) in [5, 5.41) is 2.51. The highest BCUT2D eigenvalue weighted by Crippen LogP contribution is 2.54. The van der Waals surface area contributed by atoms with Gasteiger partial charge >= 0.3 is 0 Å². The fourth-order valence-corrected chi connectivity index (χ4v) is 9.03. The van der Waals surface area contributed by atoms with Crippen molar-refractivity contribution in [3.05, 3.63) is 199 Å². The molecule has 11 rings (SSSR count). The van der Waals surface area contributed by atoms with Gasteiger partial charge < -0.3 is 4.57 Å². The van der Waals surface area contributed by atoms with Crippen LogP contribution in [0.15, 0.2) is 188 Å². The second-order valence-electron chi connectivity index (χ2n) is 15.2. The van der Waals surface area contributed by atoms with E-state index in [2.05, 4.69) is 211 Å². The molecule has 0 spiro atoms. The average molecular weight is 704 g/mol. The Morgan fingerprint density at radius 3 is 1.75 bits per heavy atom. The van der Waals surface area contributed by atoms with Gasteiger partial charge in [0.25, 0.3) is 0 Å². The summed E-state index contributed by atoms with van der Waals surface area (Å²) in [4.78, 5) is 5.16. The molecule has 2 aromatic heterocycles. The number of rotatable bonds is 5. The van der Waals surface area contributed by atoms with Gasteiger partial charge in [0.1, 0.15) is 5.82 Å². The summed E-state index contributed by atoms with van der Waals surface area (Å²) in [6.45, 7) is 4.76. The quantitative estimate of drug-likeness (QED) is 0.175. The zero-order valence-corrected chi connectivity index (χ0v) is 30.7. The monoisotopic (exact) mass is 703 g/mol. The van der Waals surface area contributed by atoms with Crippen LogP contribution in [0.4, 0.5) is 0 Å². The van der Waals surface area contributed by atoms with Crippen molar-refractivity contribution in [1.29, 1.82) is 0 Å². The number of hydrogen-bond donors (Lipinski definition) is 0. The minimum Gasteiger partial charge on any atom is -0.309 e. The Morgan fingerprint density at radius 2 is 1.02 bits per heavy atom. The molecule has 1 aliphatic rings. The molecule has 2 heterocycles. The van der Waals surface area contributed by atoms with Crippen molar-refractivity contribution in [3.8, 4) is 56.1 Å². The first kappa shape index (κ1) is 31.5. The molecule has 0 fully saturated rings. The molecule has 0 bridgehead atoms.